The van der Waals surface area contributed by atoms with Crippen LogP contribution in [0.4, 0.5) is 0 Å². The Balaban J connectivity index is 2.14. The van der Waals surface area contributed by atoms with Crippen molar-refractivity contribution in [1.82, 2.24) is 10.2 Å². The van der Waals surface area contributed by atoms with Crippen LogP contribution >= 0.6 is 0 Å². The standard InChI is InChI=1S/C17H28N2O2Si/c1-17(2,3)22(4,5)21-15-8-6-7-14(13-15)16(20)19-11-9-18-10-12-19/h6-8,13,18H,9-12H2,1-5H3. The molecule has 122 valence electrons. The van der Waals surface area contributed by atoms with E-state index in [0.717, 1.165) is 37.5 Å². The van der Waals surface area contributed by atoms with Crippen LogP contribution in [0.1, 0.15) is 31.1 Å². The highest BCUT2D eigenvalue weighted by Gasteiger charge is 2.39. The van der Waals surface area contributed by atoms with Crippen LogP contribution in [-0.4, -0.2) is 45.3 Å². The number of carbonyl (C=O) groups is 1. The first-order valence-corrected chi connectivity index (χ1v) is 10.9. The van der Waals surface area contributed by atoms with E-state index in [2.05, 4.69) is 39.2 Å². The maximum absolute atomic E-state index is 12.6. The van der Waals surface area contributed by atoms with Crippen LogP contribution in [0.5, 0.6) is 5.75 Å². The lowest BCUT2D eigenvalue weighted by Crippen LogP contribution is -2.46. The van der Waals surface area contributed by atoms with E-state index in [-0.39, 0.29) is 10.9 Å². The SMILES string of the molecule is CC(C)(C)[Si](C)(C)Oc1cccc(C(=O)N2CCNCC2)c1. The zero-order valence-electron chi connectivity index (χ0n) is 14.4. The van der Waals surface area contributed by atoms with Gasteiger partial charge in [0.15, 0.2) is 0 Å². The van der Waals surface area contributed by atoms with Gasteiger partial charge >= 0.3 is 0 Å². The summed E-state index contributed by atoms with van der Waals surface area (Å²) in [5.41, 5.74) is 0.720. The van der Waals surface area contributed by atoms with Crippen molar-refractivity contribution in [3.63, 3.8) is 0 Å². The van der Waals surface area contributed by atoms with E-state index in [1.807, 2.05) is 29.2 Å². The highest BCUT2D eigenvalue weighted by Crippen LogP contribution is 2.37. The maximum Gasteiger partial charge on any atom is 0.254 e. The van der Waals surface area contributed by atoms with Gasteiger partial charge in [-0.1, -0.05) is 26.8 Å². The Morgan fingerprint density at radius 1 is 1.23 bits per heavy atom. The monoisotopic (exact) mass is 320 g/mol. The zero-order chi connectivity index (χ0) is 16.4. The summed E-state index contributed by atoms with van der Waals surface area (Å²) in [7, 11) is -1.88. The molecule has 0 aromatic heterocycles. The molecule has 1 aromatic carbocycles. The Hall–Kier alpha value is -1.33. The van der Waals surface area contributed by atoms with Crippen molar-refractivity contribution in [1.29, 1.82) is 0 Å². The summed E-state index contributed by atoms with van der Waals surface area (Å²) < 4.78 is 6.30. The molecule has 1 aliphatic rings. The molecule has 1 heterocycles. The number of piperazine rings is 1. The van der Waals surface area contributed by atoms with Crippen LogP contribution in [0, 0.1) is 0 Å². The predicted molar refractivity (Wildman–Crippen MR) is 93.0 cm³/mol. The average Bonchev–Trinajstić information content (AvgIpc) is 2.46. The molecule has 0 bridgehead atoms. The quantitative estimate of drug-likeness (QED) is 0.870. The second-order valence-corrected chi connectivity index (χ2v) is 12.2. The Morgan fingerprint density at radius 2 is 1.86 bits per heavy atom. The molecule has 0 saturated carbocycles. The minimum Gasteiger partial charge on any atom is -0.543 e. The molecular formula is C17H28N2O2Si. The van der Waals surface area contributed by atoms with Crippen LogP contribution in [0.3, 0.4) is 0 Å². The smallest absolute Gasteiger partial charge is 0.254 e. The summed E-state index contributed by atoms with van der Waals surface area (Å²) in [6.45, 7) is 14.4. The largest absolute Gasteiger partial charge is 0.543 e. The summed E-state index contributed by atoms with van der Waals surface area (Å²) in [5.74, 6) is 0.912. The van der Waals surface area contributed by atoms with Gasteiger partial charge in [0.25, 0.3) is 5.91 Å². The van der Waals surface area contributed by atoms with Gasteiger partial charge in [0.05, 0.1) is 0 Å². The van der Waals surface area contributed by atoms with Gasteiger partial charge in [-0.15, -0.1) is 0 Å². The molecule has 1 aromatic rings. The lowest BCUT2D eigenvalue weighted by Gasteiger charge is -2.36. The van der Waals surface area contributed by atoms with Crippen LogP contribution in [-0.2, 0) is 0 Å². The summed E-state index contributed by atoms with van der Waals surface area (Å²) >= 11 is 0. The van der Waals surface area contributed by atoms with Gasteiger partial charge in [-0.2, -0.15) is 0 Å². The first kappa shape index (κ1) is 17.0. The highest BCUT2D eigenvalue weighted by atomic mass is 28.4. The van der Waals surface area contributed by atoms with Gasteiger partial charge in [0, 0.05) is 31.7 Å². The molecule has 0 radical (unpaired) electrons. The number of rotatable bonds is 3. The molecule has 0 unspecified atom stereocenters. The molecule has 0 spiro atoms. The van der Waals surface area contributed by atoms with E-state index < -0.39 is 8.32 Å². The van der Waals surface area contributed by atoms with E-state index in [9.17, 15) is 4.79 Å². The number of amides is 1. The molecule has 1 saturated heterocycles. The molecule has 1 fully saturated rings. The topological polar surface area (TPSA) is 41.6 Å². The zero-order valence-corrected chi connectivity index (χ0v) is 15.4. The molecule has 2 rings (SSSR count). The lowest BCUT2D eigenvalue weighted by atomic mass is 10.2. The first-order valence-electron chi connectivity index (χ1n) is 8.00. The highest BCUT2D eigenvalue weighted by molar-refractivity contribution is 6.74. The molecular weight excluding hydrogens is 292 g/mol. The summed E-state index contributed by atoms with van der Waals surface area (Å²) in [4.78, 5) is 14.5. The van der Waals surface area contributed by atoms with Crippen LogP contribution in [0.15, 0.2) is 24.3 Å². The van der Waals surface area contributed by atoms with Crippen molar-refractivity contribution in [3.05, 3.63) is 29.8 Å². The molecule has 5 heteroatoms. The molecule has 0 aliphatic carbocycles. The van der Waals surface area contributed by atoms with Crippen molar-refractivity contribution in [2.75, 3.05) is 26.2 Å². The third-order valence-corrected chi connectivity index (χ3v) is 9.02. The summed E-state index contributed by atoms with van der Waals surface area (Å²) in [6.07, 6.45) is 0. The fourth-order valence-corrected chi connectivity index (χ4v) is 3.21. The van der Waals surface area contributed by atoms with E-state index >= 15 is 0 Å². The number of hydrogen-bond donors (Lipinski definition) is 1. The average molecular weight is 321 g/mol. The molecule has 1 N–H and O–H groups in total. The second-order valence-electron chi connectivity index (χ2n) is 7.43. The van der Waals surface area contributed by atoms with Gasteiger partial charge in [-0.25, -0.2) is 0 Å². The molecule has 4 nitrogen and oxygen atoms in total. The number of nitrogens with zero attached hydrogens (tertiary/aromatic N) is 1. The van der Waals surface area contributed by atoms with Crippen molar-refractivity contribution < 1.29 is 9.22 Å². The van der Waals surface area contributed by atoms with E-state index in [1.165, 1.54) is 0 Å². The Morgan fingerprint density at radius 3 is 2.45 bits per heavy atom. The predicted octanol–water partition coefficient (Wildman–Crippen LogP) is 3.12. The number of carbonyl (C=O) groups excluding carboxylic acids is 1. The Kier molecular flexibility index (Phi) is 4.97. The maximum atomic E-state index is 12.6. The fourth-order valence-electron chi connectivity index (χ4n) is 2.19. The van der Waals surface area contributed by atoms with Gasteiger partial charge in [0.2, 0.25) is 8.32 Å². The second kappa shape index (κ2) is 6.42. The van der Waals surface area contributed by atoms with E-state index in [4.69, 9.17) is 4.43 Å². The lowest BCUT2D eigenvalue weighted by molar-refractivity contribution is 0.0735. The minimum absolute atomic E-state index is 0.0992. The van der Waals surface area contributed by atoms with Gasteiger partial charge < -0.3 is 14.6 Å². The van der Waals surface area contributed by atoms with Gasteiger partial charge in [-0.3, -0.25) is 4.79 Å². The van der Waals surface area contributed by atoms with Gasteiger partial charge in [0.1, 0.15) is 5.75 Å². The fraction of sp³-hybridized carbons (Fsp3) is 0.588. The molecule has 0 atom stereocenters. The van der Waals surface area contributed by atoms with Gasteiger partial charge in [-0.05, 0) is 36.3 Å². The third-order valence-electron chi connectivity index (χ3n) is 4.66. The molecule has 1 amide bonds. The Labute approximate surface area is 135 Å². The third kappa shape index (κ3) is 3.90. The van der Waals surface area contributed by atoms with Crippen LogP contribution < -0.4 is 9.74 Å². The first-order chi connectivity index (χ1) is 10.2. The van der Waals surface area contributed by atoms with Crippen molar-refractivity contribution in [3.8, 4) is 5.75 Å². The van der Waals surface area contributed by atoms with Crippen molar-refractivity contribution in [2.45, 2.75) is 38.9 Å². The number of hydrogen-bond acceptors (Lipinski definition) is 3. The molecule has 1 aliphatic heterocycles. The summed E-state index contributed by atoms with van der Waals surface area (Å²) in [5, 5.41) is 3.41. The van der Waals surface area contributed by atoms with Crippen LogP contribution in [0.2, 0.25) is 18.1 Å². The van der Waals surface area contributed by atoms with Crippen molar-refractivity contribution in [2.24, 2.45) is 0 Å². The molecule has 22 heavy (non-hydrogen) atoms. The number of nitrogens with one attached hydrogen (secondary N) is 1. The van der Waals surface area contributed by atoms with E-state index in [0.29, 0.717) is 0 Å². The van der Waals surface area contributed by atoms with Crippen LogP contribution in [0.25, 0.3) is 0 Å². The number of benzene rings is 1. The minimum atomic E-state index is -1.88. The van der Waals surface area contributed by atoms with E-state index in [1.54, 1.807) is 0 Å². The van der Waals surface area contributed by atoms with Crippen molar-refractivity contribution >= 4 is 14.2 Å². The Bertz CT molecular complexity index is 532. The normalized spacial score (nSPS) is 16.5. The summed E-state index contributed by atoms with van der Waals surface area (Å²) in [6, 6.07) is 7.64.